The number of amides is 3. The molecule has 0 radical (unpaired) electrons. The monoisotopic (exact) mass is 307 g/mol. The lowest BCUT2D eigenvalue weighted by Gasteiger charge is -2.20. The SMILES string of the molecule is COCC1(C)NC(=O)N(Cc2cccc([N+](=O)[O-])c2C)C1=O. The molecule has 1 heterocycles. The number of nitro benzene ring substituents is 1. The first-order valence-corrected chi connectivity index (χ1v) is 6.66. The largest absolute Gasteiger partial charge is 0.382 e. The van der Waals surface area contributed by atoms with Crippen molar-refractivity contribution in [2.75, 3.05) is 13.7 Å². The molecule has 0 bridgehead atoms. The molecule has 1 aromatic rings. The van der Waals surface area contributed by atoms with Crippen LogP contribution in [-0.4, -0.2) is 41.0 Å². The third kappa shape index (κ3) is 2.64. The topological polar surface area (TPSA) is 102 Å². The minimum absolute atomic E-state index is 0.0164. The number of nitrogens with zero attached hydrogens (tertiary/aromatic N) is 2. The number of hydrogen-bond acceptors (Lipinski definition) is 5. The smallest absolute Gasteiger partial charge is 0.325 e. The van der Waals surface area contributed by atoms with Gasteiger partial charge in [0.05, 0.1) is 18.1 Å². The number of benzene rings is 1. The summed E-state index contributed by atoms with van der Waals surface area (Å²) in [7, 11) is 1.44. The first-order valence-electron chi connectivity index (χ1n) is 6.66. The fourth-order valence-corrected chi connectivity index (χ4v) is 2.49. The van der Waals surface area contributed by atoms with Crippen LogP contribution in [0, 0.1) is 17.0 Å². The maximum Gasteiger partial charge on any atom is 0.325 e. The van der Waals surface area contributed by atoms with Crippen LogP contribution < -0.4 is 5.32 Å². The van der Waals surface area contributed by atoms with Crippen LogP contribution in [0.4, 0.5) is 10.5 Å². The maximum absolute atomic E-state index is 12.4. The fourth-order valence-electron chi connectivity index (χ4n) is 2.49. The molecule has 1 N–H and O–H groups in total. The molecule has 1 unspecified atom stereocenters. The average Bonchev–Trinajstić information content (AvgIpc) is 2.64. The molecule has 22 heavy (non-hydrogen) atoms. The highest BCUT2D eigenvalue weighted by Crippen LogP contribution is 2.25. The number of nitrogens with one attached hydrogen (secondary N) is 1. The van der Waals surface area contributed by atoms with Gasteiger partial charge in [0.1, 0.15) is 5.54 Å². The molecule has 1 aromatic carbocycles. The summed E-state index contributed by atoms with van der Waals surface area (Å²) >= 11 is 0. The van der Waals surface area contributed by atoms with Gasteiger partial charge >= 0.3 is 6.03 Å². The van der Waals surface area contributed by atoms with E-state index >= 15 is 0 Å². The number of imide groups is 1. The highest BCUT2D eigenvalue weighted by molar-refractivity contribution is 6.06. The second-order valence-corrected chi connectivity index (χ2v) is 5.40. The van der Waals surface area contributed by atoms with E-state index in [0.717, 1.165) is 4.90 Å². The molecular formula is C14H17N3O5. The fraction of sp³-hybridized carbons (Fsp3) is 0.429. The molecule has 1 aliphatic rings. The lowest BCUT2D eigenvalue weighted by molar-refractivity contribution is -0.385. The van der Waals surface area contributed by atoms with Gasteiger partial charge in [-0.2, -0.15) is 0 Å². The van der Waals surface area contributed by atoms with Crippen molar-refractivity contribution in [3.05, 3.63) is 39.4 Å². The van der Waals surface area contributed by atoms with E-state index in [9.17, 15) is 19.7 Å². The summed E-state index contributed by atoms with van der Waals surface area (Å²) in [6, 6.07) is 4.05. The Bertz CT molecular complexity index is 645. The third-order valence-electron chi connectivity index (χ3n) is 3.72. The van der Waals surface area contributed by atoms with Gasteiger partial charge in [-0.25, -0.2) is 4.79 Å². The van der Waals surface area contributed by atoms with E-state index in [0.29, 0.717) is 11.1 Å². The van der Waals surface area contributed by atoms with Gasteiger partial charge < -0.3 is 10.1 Å². The zero-order valence-corrected chi connectivity index (χ0v) is 12.6. The second kappa shape index (κ2) is 5.72. The van der Waals surface area contributed by atoms with Gasteiger partial charge in [0, 0.05) is 18.7 Å². The van der Waals surface area contributed by atoms with Crippen LogP contribution in [0.5, 0.6) is 0 Å². The number of ether oxygens (including phenoxy) is 1. The van der Waals surface area contributed by atoms with Crippen molar-refractivity contribution in [1.29, 1.82) is 0 Å². The molecule has 1 atom stereocenters. The van der Waals surface area contributed by atoms with Crippen molar-refractivity contribution in [2.24, 2.45) is 0 Å². The summed E-state index contributed by atoms with van der Waals surface area (Å²) in [6.45, 7) is 3.22. The Morgan fingerprint density at radius 1 is 1.41 bits per heavy atom. The zero-order chi connectivity index (χ0) is 16.5. The number of hydrogen-bond donors (Lipinski definition) is 1. The minimum atomic E-state index is -1.11. The number of nitro groups is 1. The van der Waals surface area contributed by atoms with Crippen LogP contribution in [0.15, 0.2) is 18.2 Å². The van der Waals surface area contributed by atoms with Gasteiger partial charge in [-0.1, -0.05) is 12.1 Å². The number of rotatable bonds is 5. The van der Waals surface area contributed by atoms with E-state index in [4.69, 9.17) is 4.74 Å². The van der Waals surface area contributed by atoms with E-state index in [1.54, 1.807) is 19.9 Å². The Morgan fingerprint density at radius 2 is 2.09 bits per heavy atom. The Kier molecular flexibility index (Phi) is 4.14. The van der Waals surface area contributed by atoms with Gasteiger partial charge in [0.2, 0.25) is 0 Å². The van der Waals surface area contributed by atoms with Crippen molar-refractivity contribution in [3.63, 3.8) is 0 Å². The molecule has 118 valence electrons. The molecule has 1 fully saturated rings. The van der Waals surface area contributed by atoms with Gasteiger partial charge in [-0.3, -0.25) is 19.8 Å². The van der Waals surface area contributed by atoms with Crippen molar-refractivity contribution in [1.82, 2.24) is 10.2 Å². The predicted octanol–water partition coefficient (Wildman–Crippen LogP) is 1.36. The second-order valence-electron chi connectivity index (χ2n) is 5.40. The quantitative estimate of drug-likeness (QED) is 0.503. The Labute approximate surface area is 127 Å². The highest BCUT2D eigenvalue weighted by atomic mass is 16.6. The Hall–Kier alpha value is -2.48. The molecule has 8 heteroatoms. The summed E-state index contributed by atoms with van der Waals surface area (Å²) in [6.07, 6.45) is 0. The van der Waals surface area contributed by atoms with E-state index < -0.39 is 22.4 Å². The molecule has 0 aliphatic carbocycles. The summed E-state index contributed by atoms with van der Waals surface area (Å²) < 4.78 is 4.97. The summed E-state index contributed by atoms with van der Waals surface area (Å²) in [5.74, 6) is -0.412. The average molecular weight is 307 g/mol. The van der Waals surface area contributed by atoms with Gasteiger partial charge in [0.25, 0.3) is 11.6 Å². The molecule has 8 nitrogen and oxygen atoms in total. The molecular weight excluding hydrogens is 290 g/mol. The Morgan fingerprint density at radius 3 is 2.68 bits per heavy atom. The predicted molar refractivity (Wildman–Crippen MR) is 77.2 cm³/mol. The lowest BCUT2D eigenvalue weighted by Crippen LogP contribution is -2.47. The molecule has 3 amide bonds. The van der Waals surface area contributed by atoms with E-state index in [1.807, 2.05) is 0 Å². The molecule has 1 aliphatic heterocycles. The van der Waals surface area contributed by atoms with E-state index in [-0.39, 0.29) is 18.8 Å². The van der Waals surface area contributed by atoms with Crippen molar-refractivity contribution < 1.29 is 19.2 Å². The normalized spacial score (nSPS) is 21.1. The van der Waals surface area contributed by atoms with Crippen molar-refractivity contribution in [2.45, 2.75) is 25.9 Å². The first kappa shape index (κ1) is 15.9. The molecule has 0 spiro atoms. The summed E-state index contributed by atoms with van der Waals surface area (Å²) in [4.78, 5) is 35.9. The van der Waals surface area contributed by atoms with Crippen LogP contribution in [0.25, 0.3) is 0 Å². The van der Waals surface area contributed by atoms with Crippen LogP contribution in [0.2, 0.25) is 0 Å². The van der Waals surface area contributed by atoms with E-state index in [2.05, 4.69) is 5.32 Å². The molecule has 0 saturated carbocycles. The van der Waals surface area contributed by atoms with Gasteiger partial charge in [-0.15, -0.1) is 0 Å². The van der Waals surface area contributed by atoms with Crippen LogP contribution in [-0.2, 0) is 16.1 Å². The number of carbonyl (C=O) groups is 2. The van der Waals surface area contributed by atoms with Gasteiger partial charge in [0.15, 0.2) is 0 Å². The minimum Gasteiger partial charge on any atom is -0.382 e. The summed E-state index contributed by atoms with van der Waals surface area (Å²) in [5.41, 5.74) is -0.155. The number of carbonyl (C=O) groups excluding carboxylic acids is 2. The molecule has 0 aromatic heterocycles. The Balaban J connectivity index is 2.28. The van der Waals surface area contributed by atoms with Crippen molar-refractivity contribution >= 4 is 17.6 Å². The third-order valence-corrected chi connectivity index (χ3v) is 3.72. The molecule has 2 rings (SSSR count). The van der Waals surface area contributed by atoms with Crippen LogP contribution >= 0.6 is 0 Å². The van der Waals surface area contributed by atoms with E-state index in [1.165, 1.54) is 19.2 Å². The van der Waals surface area contributed by atoms with Crippen molar-refractivity contribution in [3.8, 4) is 0 Å². The summed E-state index contributed by atoms with van der Waals surface area (Å²) in [5, 5.41) is 13.5. The maximum atomic E-state index is 12.4. The number of methoxy groups -OCH3 is 1. The number of urea groups is 1. The first-order chi connectivity index (χ1) is 10.3. The molecule has 1 saturated heterocycles. The zero-order valence-electron chi connectivity index (χ0n) is 12.6. The van der Waals surface area contributed by atoms with Crippen LogP contribution in [0.1, 0.15) is 18.1 Å². The van der Waals surface area contributed by atoms with Gasteiger partial charge in [-0.05, 0) is 19.4 Å². The van der Waals surface area contributed by atoms with Crippen LogP contribution in [0.3, 0.4) is 0 Å². The lowest BCUT2D eigenvalue weighted by atomic mass is 10.0. The highest BCUT2D eigenvalue weighted by Gasteiger charge is 2.47. The standard InChI is InChI=1S/C14H17N3O5/c1-9-10(5-4-6-11(9)17(20)21)7-16-12(18)14(2,8-22-3)15-13(16)19/h4-6H,7-8H2,1-3H3,(H,15,19).